The lowest BCUT2D eigenvalue weighted by molar-refractivity contribution is 0.0513. The molecule has 4 aromatic rings. The van der Waals surface area contributed by atoms with Gasteiger partial charge in [-0.2, -0.15) is 5.10 Å². The van der Waals surface area contributed by atoms with Gasteiger partial charge in [0.1, 0.15) is 5.75 Å². The first kappa shape index (κ1) is 23.3. The van der Waals surface area contributed by atoms with Gasteiger partial charge in [0.05, 0.1) is 35.6 Å². The number of rotatable bonds is 5. The van der Waals surface area contributed by atoms with Crippen LogP contribution in [-0.4, -0.2) is 43.7 Å². The molecule has 2 unspecified atom stereocenters. The number of halogens is 1. The molecule has 3 heterocycles. The molecular formula is C27H28ClN5O2. The van der Waals surface area contributed by atoms with E-state index in [0.29, 0.717) is 21.9 Å². The Kier molecular flexibility index (Phi) is 6.19. The van der Waals surface area contributed by atoms with Gasteiger partial charge >= 0.3 is 0 Å². The molecule has 0 bridgehead atoms. The molecule has 8 heteroatoms. The monoisotopic (exact) mass is 489 g/mol. The fraction of sp³-hybridized carbons (Fsp3) is 0.333. The molecule has 0 fully saturated rings. The molecule has 35 heavy (non-hydrogen) atoms. The highest BCUT2D eigenvalue weighted by molar-refractivity contribution is 6.31. The number of hydrogen-bond donors (Lipinski definition) is 0. The molecule has 0 N–H and O–H groups in total. The third kappa shape index (κ3) is 4.04. The summed E-state index contributed by atoms with van der Waals surface area (Å²) in [5, 5.41) is 5.54. The van der Waals surface area contributed by atoms with Crippen molar-refractivity contribution in [2.45, 2.75) is 45.2 Å². The van der Waals surface area contributed by atoms with E-state index >= 15 is 0 Å². The van der Waals surface area contributed by atoms with Crippen molar-refractivity contribution in [3.63, 3.8) is 0 Å². The third-order valence-corrected chi connectivity index (χ3v) is 7.07. The lowest BCUT2D eigenvalue weighted by Crippen LogP contribution is -2.47. The molecule has 5 rings (SSSR count). The van der Waals surface area contributed by atoms with Crippen LogP contribution in [0.4, 0.5) is 0 Å². The number of amides is 1. The lowest BCUT2D eigenvalue weighted by atomic mass is 9.87. The van der Waals surface area contributed by atoms with Crippen LogP contribution in [0.3, 0.4) is 0 Å². The molecule has 0 saturated carbocycles. The Morgan fingerprint density at radius 3 is 2.57 bits per heavy atom. The molecule has 2 aromatic carbocycles. The van der Waals surface area contributed by atoms with Crippen LogP contribution in [0.25, 0.3) is 22.3 Å². The summed E-state index contributed by atoms with van der Waals surface area (Å²) in [5.41, 5.74) is 6.21. The maximum atomic E-state index is 13.9. The number of carbonyl (C=O) groups excluding carboxylic acids is 1. The molecule has 1 aliphatic rings. The normalized spacial score (nSPS) is 17.5. The fourth-order valence-corrected chi connectivity index (χ4v) is 5.47. The summed E-state index contributed by atoms with van der Waals surface area (Å²) in [6.07, 6.45) is 5.62. The predicted octanol–water partition coefficient (Wildman–Crippen LogP) is 5.62. The minimum Gasteiger partial charge on any atom is -0.497 e. The van der Waals surface area contributed by atoms with Gasteiger partial charge in [0.25, 0.3) is 5.91 Å². The first-order valence-corrected chi connectivity index (χ1v) is 12.3. The number of methoxy groups -OCH3 is 1. The van der Waals surface area contributed by atoms with Gasteiger partial charge in [-0.05, 0) is 55.7 Å². The van der Waals surface area contributed by atoms with Crippen LogP contribution in [0.15, 0.2) is 48.8 Å². The van der Waals surface area contributed by atoms with E-state index in [1.54, 1.807) is 25.6 Å². The second kappa shape index (κ2) is 9.30. The number of fused-ring (bicyclic) bond motifs is 2. The molecule has 0 radical (unpaired) electrons. The summed E-state index contributed by atoms with van der Waals surface area (Å²) in [4.78, 5) is 24.6. The SMILES string of the molecule is CCC1Cc2c(nn(C)c2-c2cc(Cl)cc(OC)c2)C(CC)N1C(=O)c1ccc2nccnc2c1. The Bertz CT molecular complexity index is 1420. The number of nitrogens with zero attached hydrogens (tertiary/aromatic N) is 5. The molecule has 180 valence electrons. The number of carbonyl (C=O) groups is 1. The van der Waals surface area contributed by atoms with Crippen molar-refractivity contribution in [3.05, 3.63) is 70.6 Å². The van der Waals surface area contributed by atoms with Crippen molar-refractivity contribution in [2.75, 3.05) is 7.11 Å². The van der Waals surface area contributed by atoms with Crippen molar-refractivity contribution in [3.8, 4) is 17.0 Å². The van der Waals surface area contributed by atoms with Crippen molar-refractivity contribution in [1.29, 1.82) is 0 Å². The van der Waals surface area contributed by atoms with Crippen LogP contribution < -0.4 is 4.74 Å². The molecular weight excluding hydrogens is 462 g/mol. The first-order valence-electron chi connectivity index (χ1n) is 11.9. The van der Waals surface area contributed by atoms with Crippen molar-refractivity contribution >= 4 is 28.5 Å². The van der Waals surface area contributed by atoms with Gasteiger partial charge in [0, 0.05) is 47.2 Å². The van der Waals surface area contributed by atoms with Gasteiger partial charge in [-0.1, -0.05) is 25.4 Å². The largest absolute Gasteiger partial charge is 0.497 e. The standard InChI is InChI=1S/C27H28ClN5O2/c1-5-19-15-21-25(31-32(3)26(21)17-11-18(28)14-20(12-17)35-4)24(6-2)33(19)27(34)16-7-8-22-23(13-16)30-10-9-29-22/h7-14,19,24H,5-6,15H2,1-4H3. The zero-order valence-electron chi connectivity index (χ0n) is 20.3. The minimum atomic E-state index is -0.130. The van der Waals surface area contributed by atoms with Crippen LogP contribution in [0.2, 0.25) is 5.02 Å². The van der Waals surface area contributed by atoms with E-state index in [1.807, 2.05) is 47.0 Å². The quantitative estimate of drug-likeness (QED) is 0.363. The van der Waals surface area contributed by atoms with Crippen LogP contribution >= 0.6 is 11.6 Å². The zero-order valence-corrected chi connectivity index (χ0v) is 21.1. The number of benzene rings is 2. The minimum absolute atomic E-state index is 0.00136. The molecule has 0 spiro atoms. The van der Waals surface area contributed by atoms with Gasteiger partial charge in [-0.25, -0.2) is 0 Å². The topological polar surface area (TPSA) is 73.1 Å². The van der Waals surface area contributed by atoms with E-state index in [4.69, 9.17) is 21.4 Å². The molecule has 7 nitrogen and oxygen atoms in total. The molecule has 1 amide bonds. The van der Waals surface area contributed by atoms with E-state index in [1.165, 1.54) is 5.56 Å². The zero-order chi connectivity index (χ0) is 24.7. The molecule has 0 saturated heterocycles. The predicted molar refractivity (Wildman–Crippen MR) is 137 cm³/mol. The summed E-state index contributed by atoms with van der Waals surface area (Å²) < 4.78 is 7.36. The number of hydrogen-bond acceptors (Lipinski definition) is 5. The molecule has 0 aliphatic carbocycles. The van der Waals surface area contributed by atoms with Crippen LogP contribution in [0, 0.1) is 0 Å². The Morgan fingerprint density at radius 2 is 1.86 bits per heavy atom. The highest BCUT2D eigenvalue weighted by atomic mass is 35.5. The van der Waals surface area contributed by atoms with Gasteiger partial charge in [-0.3, -0.25) is 19.4 Å². The second-order valence-electron chi connectivity index (χ2n) is 8.88. The van der Waals surface area contributed by atoms with E-state index in [0.717, 1.165) is 41.7 Å². The van der Waals surface area contributed by atoms with E-state index in [9.17, 15) is 4.79 Å². The molecule has 1 aliphatic heterocycles. The number of aromatic nitrogens is 4. The van der Waals surface area contributed by atoms with Crippen molar-refractivity contribution in [2.24, 2.45) is 7.05 Å². The lowest BCUT2D eigenvalue weighted by Gasteiger charge is -2.41. The second-order valence-corrected chi connectivity index (χ2v) is 9.31. The summed E-state index contributed by atoms with van der Waals surface area (Å²) in [5.74, 6) is 0.701. The maximum Gasteiger partial charge on any atom is 0.254 e. The average Bonchev–Trinajstić information content (AvgIpc) is 3.21. The van der Waals surface area contributed by atoms with Gasteiger partial charge in [-0.15, -0.1) is 0 Å². The van der Waals surface area contributed by atoms with E-state index in [2.05, 4.69) is 23.8 Å². The molecule has 2 atom stereocenters. The fourth-order valence-electron chi connectivity index (χ4n) is 5.24. The van der Waals surface area contributed by atoms with Crippen LogP contribution in [0.5, 0.6) is 5.75 Å². The Morgan fingerprint density at radius 1 is 1.09 bits per heavy atom. The van der Waals surface area contributed by atoms with Crippen LogP contribution in [-0.2, 0) is 13.5 Å². The van der Waals surface area contributed by atoms with E-state index < -0.39 is 0 Å². The van der Waals surface area contributed by atoms with Crippen molar-refractivity contribution < 1.29 is 9.53 Å². The summed E-state index contributed by atoms with van der Waals surface area (Å²) in [7, 11) is 3.58. The average molecular weight is 490 g/mol. The summed E-state index contributed by atoms with van der Waals surface area (Å²) in [6.45, 7) is 4.24. The smallest absolute Gasteiger partial charge is 0.254 e. The van der Waals surface area contributed by atoms with Gasteiger partial charge < -0.3 is 9.64 Å². The Labute approximate surface area is 209 Å². The highest BCUT2D eigenvalue weighted by Crippen LogP contribution is 2.42. The van der Waals surface area contributed by atoms with Crippen LogP contribution in [0.1, 0.15) is 54.3 Å². The van der Waals surface area contributed by atoms with Gasteiger partial charge in [0.15, 0.2) is 0 Å². The van der Waals surface area contributed by atoms with E-state index in [-0.39, 0.29) is 18.0 Å². The summed E-state index contributed by atoms with van der Waals surface area (Å²) >= 11 is 6.40. The number of ether oxygens (including phenoxy) is 1. The Balaban J connectivity index is 1.59. The number of aryl methyl sites for hydroxylation is 1. The van der Waals surface area contributed by atoms with Gasteiger partial charge in [0.2, 0.25) is 0 Å². The first-order chi connectivity index (χ1) is 16.9. The van der Waals surface area contributed by atoms with Crippen molar-refractivity contribution in [1.82, 2.24) is 24.6 Å². The summed E-state index contributed by atoms with van der Waals surface area (Å²) in [6, 6.07) is 11.2. The highest BCUT2D eigenvalue weighted by Gasteiger charge is 2.40. The third-order valence-electron chi connectivity index (χ3n) is 6.85. The molecule has 2 aromatic heterocycles. The Hall–Kier alpha value is -3.45. The maximum absolute atomic E-state index is 13.9.